The predicted octanol–water partition coefficient (Wildman–Crippen LogP) is 5.25. The van der Waals surface area contributed by atoms with Crippen molar-refractivity contribution in [2.45, 2.75) is 19.0 Å². The number of nitrogens with zero attached hydrogens (tertiary/aromatic N) is 4. The summed E-state index contributed by atoms with van der Waals surface area (Å²) in [6, 6.07) is 12.6. The monoisotopic (exact) mass is 526 g/mol. The minimum absolute atomic E-state index is 0.0147. The normalized spacial score (nSPS) is 12.4. The first kappa shape index (κ1) is 26.3. The molecule has 1 unspecified atom stereocenters. The van der Waals surface area contributed by atoms with Crippen LogP contribution in [0.25, 0.3) is 22.2 Å². The molecule has 1 amide bonds. The Morgan fingerprint density at radius 1 is 1.08 bits per heavy atom. The van der Waals surface area contributed by atoms with Crippen LogP contribution in [0, 0.1) is 6.92 Å². The number of fused-ring (bicyclic) bond motifs is 1. The second-order valence-corrected chi connectivity index (χ2v) is 9.32. The van der Waals surface area contributed by atoms with E-state index in [4.69, 9.17) is 0 Å². The summed E-state index contributed by atoms with van der Waals surface area (Å²) in [5.74, 6) is 0.592. The first-order chi connectivity index (χ1) is 17.7. The fourth-order valence-electron chi connectivity index (χ4n) is 3.92. The van der Waals surface area contributed by atoms with Gasteiger partial charge >= 0.3 is 6.18 Å². The van der Waals surface area contributed by atoms with Gasteiger partial charge in [-0.2, -0.15) is 24.9 Å². The first-order valence-electron chi connectivity index (χ1n) is 11.5. The van der Waals surface area contributed by atoms with Crippen LogP contribution in [0.3, 0.4) is 0 Å². The van der Waals surface area contributed by atoms with Gasteiger partial charge in [0.15, 0.2) is 0 Å². The zero-order chi connectivity index (χ0) is 26.4. The van der Waals surface area contributed by atoms with Crippen LogP contribution in [0.1, 0.15) is 27.5 Å². The number of carbonyl (C=O) groups is 1. The summed E-state index contributed by atoms with van der Waals surface area (Å²) < 4.78 is 37.8. The number of alkyl halides is 3. The maximum absolute atomic E-state index is 12.6. The van der Waals surface area contributed by atoms with Gasteiger partial charge < -0.3 is 10.6 Å². The third-order valence-electron chi connectivity index (χ3n) is 5.71. The summed E-state index contributed by atoms with van der Waals surface area (Å²) in [6.07, 6.45) is 2.21. The number of thioether (sulfide) groups is 1. The van der Waals surface area contributed by atoms with Crippen LogP contribution in [0.2, 0.25) is 0 Å². The van der Waals surface area contributed by atoms with E-state index in [0.717, 1.165) is 28.3 Å². The highest BCUT2D eigenvalue weighted by molar-refractivity contribution is 7.98. The van der Waals surface area contributed by atoms with Crippen LogP contribution < -0.4 is 10.6 Å². The molecule has 0 saturated carbocycles. The molecule has 3 heterocycles. The Morgan fingerprint density at radius 3 is 2.65 bits per heavy atom. The molecule has 37 heavy (non-hydrogen) atoms. The summed E-state index contributed by atoms with van der Waals surface area (Å²) in [4.78, 5) is 30.0. The third-order valence-corrected chi connectivity index (χ3v) is 6.44. The fourth-order valence-corrected chi connectivity index (χ4v) is 4.62. The van der Waals surface area contributed by atoms with E-state index in [1.54, 1.807) is 30.1 Å². The van der Waals surface area contributed by atoms with Gasteiger partial charge in [-0.05, 0) is 36.9 Å². The lowest BCUT2D eigenvalue weighted by Crippen LogP contribution is -2.33. The van der Waals surface area contributed by atoms with E-state index in [0.29, 0.717) is 23.3 Å². The average molecular weight is 527 g/mol. The van der Waals surface area contributed by atoms with E-state index in [1.165, 1.54) is 18.6 Å². The van der Waals surface area contributed by atoms with Crippen LogP contribution in [0.5, 0.6) is 0 Å². The topological polar surface area (TPSA) is 92.7 Å². The Balaban J connectivity index is 1.58. The molecule has 0 bridgehead atoms. The van der Waals surface area contributed by atoms with Crippen molar-refractivity contribution < 1.29 is 18.0 Å². The molecule has 7 nitrogen and oxygen atoms in total. The predicted molar refractivity (Wildman–Crippen MR) is 140 cm³/mol. The lowest BCUT2D eigenvalue weighted by Gasteiger charge is -2.20. The Bertz CT molecular complexity index is 1380. The summed E-state index contributed by atoms with van der Waals surface area (Å²) in [6.45, 7) is 1.05. The number of aryl methyl sites for hydroxylation is 1. The number of para-hydroxylation sites is 1. The highest BCUT2D eigenvalue weighted by atomic mass is 32.2. The van der Waals surface area contributed by atoms with Crippen molar-refractivity contribution in [3.05, 3.63) is 78.0 Å². The smallest absolute Gasteiger partial charge is 0.369 e. The van der Waals surface area contributed by atoms with E-state index >= 15 is 0 Å². The van der Waals surface area contributed by atoms with E-state index < -0.39 is 18.6 Å². The molecule has 0 saturated heterocycles. The SMILES string of the molecule is CSCC(CNc1cc(-c2ccc(C)nc2)ncn1)c1cccc2c(C(=O)NCC(F)(F)F)ccnc12. The number of halogens is 3. The van der Waals surface area contributed by atoms with Crippen molar-refractivity contribution in [3.8, 4) is 11.3 Å². The lowest BCUT2D eigenvalue weighted by atomic mass is 9.95. The number of aromatic nitrogens is 4. The second-order valence-electron chi connectivity index (χ2n) is 8.41. The van der Waals surface area contributed by atoms with E-state index in [1.807, 2.05) is 42.8 Å². The number of pyridine rings is 2. The molecular weight excluding hydrogens is 501 g/mol. The van der Waals surface area contributed by atoms with Gasteiger partial charge in [0.25, 0.3) is 5.91 Å². The van der Waals surface area contributed by atoms with Gasteiger partial charge in [0.2, 0.25) is 0 Å². The number of nitrogens with one attached hydrogen (secondary N) is 2. The van der Waals surface area contributed by atoms with Crippen molar-refractivity contribution >= 4 is 34.4 Å². The maximum Gasteiger partial charge on any atom is 0.405 e. The van der Waals surface area contributed by atoms with E-state index in [9.17, 15) is 18.0 Å². The maximum atomic E-state index is 12.6. The van der Waals surface area contributed by atoms with Gasteiger partial charge in [-0.15, -0.1) is 0 Å². The molecule has 4 rings (SSSR count). The fraction of sp³-hybridized carbons (Fsp3) is 0.269. The van der Waals surface area contributed by atoms with Gasteiger partial charge in [-0.25, -0.2) is 9.97 Å². The Hall–Kier alpha value is -3.73. The van der Waals surface area contributed by atoms with Gasteiger partial charge in [0.05, 0.1) is 16.8 Å². The summed E-state index contributed by atoms with van der Waals surface area (Å²) >= 11 is 1.66. The zero-order valence-corrected chi connectivity index (χ0v) is 21.0. The Morgan fingerprint density at radius 2 is 1.92 bits per heavy atom. The van der Waals surface area contributed by atoms with Gasteiger partial charge in [0, 0.05) is 53.3 Å². The number of anilines is 1. The molecule has 3 aromatic heterocycles. The van der Waals surface area contributed by atoms with Crippen molar-refractivity contribution in [3.63, 3.8) is 0 Å². The average Bonchev–Trinajstić information content (AvgIpc) is 2.89. The zero-order valence-electron chi connectivity index (χ0n) is 20.2. The molecule has 0 aliphatic carbocycles. The van der Waals surface area contributed by atoms with Crippen molar-refractivity contribution in [2.24, 2.45) is 0 Å². The molecule has 192 valence electrons. The highest BCUT2D eigenvalue weighted by Gasteiger charge is 2.28. The summed E-state index contributed by atoms with van der Waals surface area (Å²) in [7, 11) is 0. The van der Waals surface area contributed by atoms with E-state index in [2.05, 4.69) is 25.3 Å². The number of amides is 1. The minimum atomic E-state index is -4.49. The van der Waals surface area contributed by atoms with Crippen LogP contribution in [0.15, 0.2) is 61.2 Å². The summed E-state index contributed by atoms with van der Waals surface area (Å²) in [5.41, 5.74) is 4.16. The molecule has 0 aliphatic rings. The molecule has 4 aromatic rings. The lowest BCUT2D eigenvalue weighted by molar-refractivity contribution is -0.123. The third kappa shape index (κ3) is 6.73. The molecule has 0 radical (unpaired) electrons. The molecule has 0 spiro atoms. The first-order valence-corrected chi connectivity index (χ1v) is 12.8. The van der Waals surface area contributed by atoms with Gasteiger partial charge in [-0.3, -0.25) is 14.8 Å². The molecule has 0 aliphatic heterocycles. The summed E-state index contributed by atoms with van der Waals surface area (Å²) in [5, 5.41) is 5.82. The van der Waals surface area contributed by atoms with Crippen LogP contribution in [-0.4, -0.2) is 57.1 Å². The van der Waals surface area contributed by atoms with Crippen LogP contribution in [-0.2, 0) is 0 Å². The molecule has 1 atom stereocenters. The highest BCUT2D eigenvalue weighted by Crippen LogP contribution is 2.29. The number of hydrogen-bond donors (Lipinski definition) is 2. The van der Waals surface area contributed by atoms with E-state index in [-0.39, 0.29) is 11.5 Å². The number of benzene rings is 1. The van der Waals surface area contributed by atoms with Gasteiger partial charge in [-0.1, -0.05) is 18.2 Å². The van der Waals surface area contributed by atoms with Crippen molar-refractivity contribution in [2.75, 3.05) is 30.4 Å². The standard InChI is InChI=1S/C26H25F3N6OS/c1-16-6-7-17(11-31-16)22-10-23(35-15-34-22)32-12-18(13-37-2)19-4-3-5-20-21(8-9-30-24(19)20)25(36)33-14-26(27,28)29/h3-11,15,18H,12-14H2,1-2H3,(H,33,36)(H,32,34,35). The second kappa shape index (κ2) is 11.5. The Labute approximate surface area is 216 Å². The molecule has 0 fully saturated rings. The molecule has 11 heteroatoms. The van der Waals surface area contributed by atoms with Crippen LogP contribution >= 0.6 is 11.8 Å². The quantitative estimate of drug-likeness (QED) is 0.308. The largest absolute Gasteiger partial charge is 0.405 e. The number of hydrogen-bond acceptors (Lipinski definition) is 7. The van der Waals surface area contributed by atoms with Gasteiger partial charge in [0.1, 0.15) is 18.7 Å². The number of rotatable bonds is 9. The molecule has 2 N–H and O–H groups in total. The van der Waals surface area contributed by atoms with Crippen molar-refractivity contribution in [1.29, 1.82) is 0 Å². The van der Waals surface area contributed by atoms with Crippen molar-refractivity contribution in [1.82, 2.24) is 25.3 Å². The minimum Gasteiger partial charge on any atom is -0.369 e. The Kier molecular flexibility index (Phi) is 8.22. The molecule has 1 aromatic carbocycles. The number of carbonyl (C=O) groups excluding carboxylic acids is 1. The molecular formula is C26H25F3N6OS. The van der Waals surface area contributed by atoms with Crippen LogP contribution in [0.4, 0.5) is 19.0 Å².